The molecule has 0 saturated heterocycles. The number of nitrogens with one attached hydrogen (secondary N) is 4. The minimum atomic E-state index is 0.813. The van der Waals surface area contributed by atoms with Crippen molar-refractivity contribution in [3.8, 4) is 0 Å². The Morgan fingerprint density at radius 1 is 0.708 bits per heavy atom. The summed E-state index contributed by atoms with van der Waals surface area (Å²) in [5.74, 6) is 2.06. The van der Waals surface area contributed by atoms with E-state index in [-0.39, 0.29) is 0 Å². The zero-order chi connectivity index (χ0) is 16.8. The van der Waals surface area contributed by atoms with Crippen LogP contribution in [0.5, 0.6) is 0 Å². The lowest BCUT2D eigenvalue weighted by molar-refractivity contribution is -0.361. The van der Waals surface area contributed by atoms with Crippen molar-refractivity contribution < 1.29 is 9.97 Å². The lowest BCUT2D eigenvalue weighted by Crippen LogP contribution is -2.14. The molecule has 0 bridgehead atoms. The topological polar surface area (TPSA) is 52.3 Å². The van der Waals surface area contributed by atoms with Crippen LogP contribution >= 0.6 is 0 Å². The third kappa shape index (κ3) is 4.10. The zero-order valence-corrected chi connectivity index (χ0v) is 14.2. The van der Waals surface area contributed by atoms with E-state index < -0.39 is 0 Å². The SMILES string of the molecule is Cc1cc(CNc2cccc[nH+]2)c(C)cc1CNc1cccc[nH+]1. The fourth-order valence-electron chi connectivity index (χ4n) is 2.70. The number of hydrogen-bond donors (Lipinski definition) is 2. The maximum atomic E-state index is 3.43. The maximum Gasteiger partial charge on any atom is 0.272 e. The molecule has 3 aromatic rings. The molecular formula is C20H24N4+2. The van der Waals surface area contributed by atoms with E-state index in [0.717, 1.165) is 24.7 Å². The van der Waals surface area contributed by atoms with Crippen LogP contribution in [0.1, 0.15) is 22.3 Å². The monoisotopic (exact) mass is 320 g/mol. The molecule has 0 amide bonds. The van der Waals surface area contributed by atoms with Crippen LogP contribution in [0, 0.1) is 13.8 Å². The van der Waals surface area contributed by atoms with E-state index in [1.165, 1.54) is 22.3 Å². The van der Waals surface area contributed by atoms with Gasteiger partial charge < -0.3 is 0 Å². The predicted molar refractivity (Wildman–Crippen MR) is 96.6 cm³/mol. The van der Waals surface area contributed by atoms with Crippen LogP contribution in [0.15, 0.2) is 60.9 Å². The van der Waals surface area contributed by atoms with Gasteiger partial charge in [0.25, 0.3) is 11.6 Å². The van der Waals surface area contributed by atoms with Gasteiger partial charge in [-0.15, -0.1) is 0 Å². The summed E-state index contributed by atoms with van der Waals surface area (Å²) in [6.45, 7) is 5.97. The van der Waals surface area contributed by atoms with E-state index >= 15 is 0 Å². The first-order valence-corrected chi connectivity index (χ1v) is 8.22. The average Bonchev–Trinajstić information content (AvgIpc) is 2.62. The molecule has 1 aromatic carbocycles. The van der Waals surface area contributed by atoms with Crippen LogP contribution in [0.4, 0.5) is 11.6 Å². The molecule has 3 rings (SSSR count). The standard InChI is InChI=1S/C20H22N4/c1-15-11-18(14-24-20-8-4-6-10-22-20)16(2)12-17(15)13-23-19-7-3-5-9-21-19/h3-12H,13-14H2,1-2H3,(H,21,23)(H,22,24)/p+2. The first kappa shape index (κ1) is 16.0. The minimum Gasteiger partial charge on any atom is -0.270 e. The smallest absolute Gasteiger partial charge is 0.270 e. The molecule has 0 fully saturated rings. The van der Waals surface area contributed by atoms with E-state index in [2.05, 4.69) is 46.6 Å². The quantitative estimate of drug-likeness (QED) is 0.733. The van der Waals surface area contributed by atoms with Gasteiger partial charge in [0.1, 0.15) is 13.1 Å². The molecule has 0 spiro atoms. The van der Waals surface area contributed by atoms with Crippen molar-refractivity contribution in [2.45, 2.75) is 26.9 Å². The van der Waals surface area contributed by atoms with Gasteiger partial charge in [0.2, 0.25) is 0 Å². The molecule has 4 nitrogen and oxygen atoms in total. The fourth-order valence-corrected chi connectivity index (χ4v) is 2.70. The molecule has 0 aliphatic rings. The van der Waals surface area contributed by atoms with Gasteiger partial charge in [0.15, 0.2) is 0 Å². The molecular weight excluding hydrogens is 296 g/mol. The number of aromatic amines is 2. The third-order valence-corrected chi connectivity index (χ3v) is 4.15. The van der Waals surface area contributed by atoms with Gasteiger partial charge in [-0.2, -0.15) is 0 Å². The lowest BCUT2D eigenvalue weighted by Gasteiger charge is -2.10. The van der Waals surface area contributed by atoms with E-state index in [4.69, 9.17) is 0 Å². The molecule has 2 aromatic heterocycles. The second kappa shape index (κ2) is 7.59. The first-order chi connectivity index (χ1) is 11.7. The molecule has 0 aliphatic carbocycles. The summed E-state index contributed by atoms with van der Waals surface area (Å²) in [6, 6.07) is 16.6. The zero-order valence-electron chi connectivity index (χ0n) is 14.2. The number of aromatic nitrogens is 2. The molecule has 0 unspecified atom stereocenters. The summed E-state index contributed by atoms with van der Waals surface area (Å²) in [7, 11) is 0. The number of pyridine rings is 2. The number of anilines is 2. The van der Waals surface area contributed by atoms with Gasteiger partial charge >= 0.3 is 0 Å². The molecule has 4 heteroatoms. The van der Waals surface area contributed by atoms with Crippen molar-refractivity contribution in [2.75, 3.05) is 10.6 Å². The molecule has 0 saturated carbocycles. The second-order valence-corrected chi connectivity index (χ2v) is 5.96. The van der Waals surface area contributed by atoms with Crippen LogP contribution in [0.2, 0.25) is 0 Å². The summed E-state index contributed by atoms with van der Waals surface area (Å²) in [5, 5.41) is 6.86. The number of rotatable bonds is 6. The van der Waals surface area contributed by atoms with Crippen LogP contribution < -0.4 is 20.6 Å². The Bertz CT molecular complexity index is 716. The van der Waals surface area contributed by atoms with Gasteiger partial charge in [-0.25, -0.2) is 9.97 Å². The van der Waals surface area contributed by atoms with Crippen LogP contribution in [-0.2, 0) is 13.1 Å². The summed E-state index contributed by atoms with van der Waals surface area (Å²) >= 11 is 0. The highest BCUT2D eigenvalue weighted by atomic mass is 15.0. The van der Waals surface area contributed by atoms with Crippen LogP contribution in [0.25, 0.3) is 0 Å². The summed E-state index contributed by atoms with van der Waals surface area (Å²) < 4.78 is 0. The van der Waals surface area contributed by atoms with Crippen molar-refractivity contribution in [2.24, 2.45) is 0 Å². The Labute approximate surface area is 143 Å². The lowest BCUT2D eigenvalue weighted by atomic mass is 9.99. The maximum absolute atomic E-state index is 3.43. The number of benzene rings is 1. The molecule has 2 heterocycles. The van der Waals surface area contributed by atoms with Crippen molar-refractivity contribution >= 4 is 11.6 Å². The molecule has 0 atom stereocenters. The molecule has 0 aliphatic heterocycles. The Kier molecular flexibility index (Phi) is 5.06. The Morgan fingerprint density at radius 2 is 1.17 bits per heavy atom. The van der Waals surface area contributed by atoms with E-state index in [1.54, 1.807) is 0 Å². The van der Waals surface area contributed by atoms with E-state index in [0.29, 0.717) is 0 Å². The van der Waals surface area contributed by atoms with Gasteiger partial charge in [0, 0.05) is 12.1 Å². The summed E-state index contributed by atoms with van der Waals surface area (Å²) in [5.41, 5.74) is 5.25. The Hall–Kier alpha value is -2.88. The first-order valence-electron chi connectivity index (χ1n) is 8.22. The van der Waals surface area contributed by atoms with Crippen molar-refractivity contribution in [1.82, 2.24) is 0 Å². The molecule has 122 valence electrons. The largest absolute Gasteiger partial charge is 0.272 e. The van der Waals surface area contributed by atoms with Gasteiger partial charge in [0.05, 0.1) is 12.4 Å². The van der Waals surface area contributed by atoms with E-state index in [9.17, 15) is 0 Å². The number of hydrogen-bond acceptors (Lipinski definition) is 2. The van der Waals surface area contributed by atoms with Gasteiger partial charge in [-0.3, -0.25) is 10.6 Å². The molecule has 0 radical (unpaired) electrons. The molecule has 4 N–H and O–H groups in total. The van der Waals surface area contributed by atoms with Crippen molar-refractivity contribution in [1.29, 1.82) is 0 Å². The normalized spacial score (nSPS) is 10.4. The Morgan fingerprint density at radius 3 is 1.54 bits per heavy atom. The van der Waals surface area contributed by atoms with Crippen LogP contribution in [-0.4, -0.2) is 0 Å². The number of H-pyrrole nitrogens is 2. The summed E-state index contributed by atoms with van der Waals surface area (Å²) in [6.07, 6.45) is 3.85. The van der Waals surface area contributed by atoms with Crippen molar-refractivity contribution in [3.63, 3.8) is 0 Å². The Balaban J connectivity index is 1.67. The molecule has 24 heavy (non-hydrogen) atoms. The highest BCUT2D eigenvalue weighted by molar-refractivity contribution is 5.41. The fraction of sp³-hybridized carbons (Fsp3) is 0.200. The van der Waals surface area contributed by atoms with Gasteiger partial charge in [-0.1, -0.05) is 24.3 Å². The van der Waals surface area contributed by atoms with Crippen molar-refractivity contribution in [3.05, 3.63) is 83.2 Å². The number of aryl methyl sites for hydroxylation is 2. The highest BCUT2D eigenvalue weighted by Gasteiger charge is 2.09. The van der Waals surface area contributed by atoms with Gasteiger partial charge in [-0.05, 0) is 48.2 Å². The third-order valence-electron chi connectivity index (χ3n) is 4.15. The average molecular weight is 320 g/mol. The highest BCUT2D eigenvalue weighted by Crippen LogP contribution is 2.18. The van der Waals surface area contributed by atoms with E-state index in [1.807, 2.05) is 48.8 Å². The van der Waals surface area contributed by atoms with Crippen LogP contribution in [0.3, 0.4) is 0 Å². The minimum absolute atomic E-state index is 0.813. The summed E-state index contributed by atoms with van der Waals surface area (Å²) in [4.78, 5) is 6.40. The second-order valence-electron chi connectivity index (χ2n) is 5.96. The predicted octanol–water partition coefficient (Wildman–Crippen LogP) is 3.16.